The lowest BCUT2D eigenvalue weighted by Gasteiger charge is -2.05. The molecule has 0 saturated heterocycles. The quantitative estimate of drug-likeness (QED) is 0.665. The second-order valence-corrected chi connectivity index (χ2v) is 3.25. The van der Waals surface area contributed by atoms with Gasteiger partial charge in [-0.3, -0.25) is 0 Å². The van der Waals surface area contributed by atoms with Crippen molar-refractivity contribution < 1.29 is 14.2 Å². The van der Waals surface area contributed by atoms with Gasteiger partial charge >= 0.3 is 0 Å². The number of rotatable bonds is 8. The van der Waals surface area contributed by atoms with Gasteiger partial charge in [0.05, 0.1) is 33.0 Å². The first kappa shape index (κ1) is 12.9. The molecule has 0 unspecified atom stereocenters. The normalized spacial score (nSPS) is 10.6. The van der Waals surface area contributed by atoms with Crippen molar-refractivity contribution >= 4 is 5.82 Å². The van der Waals surface area contributed by atoms with Crippen LogP contribution in [0.1, 0.15) is 5.56 Å². The molecule has 0 aliphatic heterocycles. The van der Waals surface area contributed by atoms with Gasteiger partial charge in [-0.15, -0.1) is 0 Å². The van der Waals surface area contributed by atoms with E-state index in [4.69, 9.17) is 19.9 Å². The van der Waals surface area contributed by atoms with E-state index in [2.05, 4.69) is 4.98 Å². The van der Waals surface area contributed by atoms with E-state index in [9.17, 15) is 0 Å². The third-order valence-electron chi connectivity index (χ3n) is 1.92. The molecule has 90 valence electrons. The molecule has 5 heteroatoms. The maximum atomic E-state index is 5.54. The predicted octanol–water partition coefficient (Wildman–Crippen LogP) is 0.843. The Morgan fingerprint density at radius 1 is 1.19 bits per heavy atom. The Balaban J connectivity index is 2.03. The molecular formula is C11H18N2O3. The van der Waals surface area contributed by atoms with Crippen molar-refractivity contribution in [3.63, 3.8) is 0 Å². The topological polar surface area (TPSA) is 66.6 Å². The van der Waals surface area contributed by atoms with Crippen LogP contribution in [-0.2, 0) is 20.8 Å². The zero-order chi connectivity index (χ0) is 11.6. The van der Waals surface area contributed by atoms with Gasteiger partial charge in [-0.1, -0.05) is 0 Å². The highest BCUT2D eigenvalue weighted by atomic mass is 16.5. The first-order valence-electron chi connectivity index (χ1n) is 5.18. The van der Waals surface area contributed by atoms with Crippen LogP contribution in [0.5, 0.6) is 0 Å². The van der Waals surface area contributed by atoms with E-state index < -0.39 is 0 Å². The van der Waals surface area contributed by atoms with E-state index in [-0.39, 0.29) is 0 Å². The largest absolute Gasteiger partial charge is 0.384 e. The van der Waals surface area contributed by atoms with Gasteiger partial charge in [0.25, 0.3) is 0 Å². The number of hydrogen-bond donors (Lipinski definition) is 1. The van der Waals surface area contributed by atoms with Gasteiger partial charge in [0.2, 0.25) is 0 Å². The van der Waals surface area contributed by atoms with Crippen LogP contribution >= 0.6 is 0 Å². The predicted molar refractivity (Wildman–Crippen MR) is 61.0 cm³/mol. The summed E-state index contributed by atoms with van der Waals surface area (Å²) < 4.78 is 15.5. The summed E-state index contributed by atoms with van der Waals surface area (Å²) >= 11 is 0. The van der Waals surface area contributed by atoms with Gasteiger partial charge < -0.3 is 19.9 Å². The Hall–Kier alpha value is -1.17. The minimum atomic E-state index is 0.512. The van der Waals surface area contributed by atoms with Crippen molar-refractivity contribution in [2.45, 2.75) is 6.61 Å². The van der Waals surface area contributed by atoms with E-state index >= 15 is 0 Å². The van der Waals surface area contributed by atoms with Crippen LogP contribution in [0, 0.1) is 0 Å². The zero-order valence-electron chi connectivity index (χ0n) is 9.52. The molecular weight excluding hydrogens is 208 g/mol. The van der Waals surface area contributed by atoms with E-state index in [0.717, 1.165) is 5.56 Å². The van der Waals surface area contributed by atoms with Gasteiger partial charge in [0, 0.05) is 13.3 Å². The average molecular weight is 226 g/mol. The summed E-state index contributed by atoms with van der Waals surface area (Å²) in [7, 11) is 1.65. The fourth-order valence-electron chi connectivity index (χ4n) is 1.14. The summed E-state index contributed by atoms with van der Waals surface area (Å²) in [4.78, 5) is 3.90. The van der Waals surface area contributed by atoms with E-state index in [1.807, 2.05) is 6.07 Å². The zero-order valence-corrected chi connectivity index (χ0v) is 9.52. The molecule has 0 aliphatic carbocycles. The lowest BCUT2D eigenvalue weighted by atomic mass is 10.3. The Kier molecular flexibility index (Phi) is 6.48. The molecule has 0 spiro atoms. The third-order valence-corrected chi connectivity index (χ3v) is 1.92. The molecule has 1 aromatic heterocycles. The van der Waals surface area contributed by atoms with Crippen molar-refractivity contribution in [1.82, 2.24) is 4.98 Å². The Morgan fingerprint density at radius 2 is 1.94 bits per heavy atom. The number of nitrogen functional groups attached to an aromatic ring is 1. The monoisotopic (exact) mass is 226 g/mol. The van der Waals surface area contributed by atoms with Gasteiger partial charge in [-0.05, 0) is 17.7 Å². The third kappa shape index (κ3) is 5.65. The molecule has 0 aromatic carbocycles. The number of aromatic nitrogens is 1. The molecule has 0 atom stereocenters. The first-order chi connectivity index (χ1) is 7.83. The lowest BCUT2D eigenvalue weighted by molar-refractivity contribution is 0.0199. The summed E-state index contributed by atoms with van der Waals surface area (Å²) in [5, 5.41) is 0. The molecule has 1 rings (SSSR count). The Bertz CT molecular complexity index is 294. The highest BCUT2D eigenvalue weighted by Crippen LogP contribution is 2.04. The van der Waals surface area contributed by atoms with Crippen LogP contribution in [0.25, 0.3) is 0 Å². The molecule has 0 amide bonds. The Morgan fingerprint density at radius 3 is 2.69 bits per heavy atom. The number of pyridine rings is 1. The number of nitrogens with zero attached hydrogens (tertiary/aromatic N) is 1. The Labute approximate surface area is 95.5 Å². The lowest BCUT2D eigenvalue weighted by Crippen LogP contribution is -2.08. The van der Waals surface area contributed by atoms with Crippen LogP contribution in [0.2, 0.25) is 0 Å². The highest BCUT2D eigenvalue weighted by molar-refractivity contribution is 5.31. The molecule has 5 nitrogen and oxygen atoms in total. The highest BCUT2D eigenvalue weighted by Gasteiger charge is 1.95. The van der Waals surface area contributed by atoms with Gasteiger partial charge in [0.1, 0.15) is 5.82 Å². The minimum Gasteiger partial charge on any atom is -0.384 e. The summed E-state index contributed by atoms with van der Waals surface area (Å²) in [6.45, 7) is 2.87. The summed E-state index contributed by atoms with van der Waals surface area (Å²) in [5.41, 5.74) is 6.56. The molecule has 0 radical (unpaired) electrons. The number of nitrogens with two attached hydrogens (primary N) is 1. The first-order valence-corrected chi connectivity index (χ1v) is 5.18. The van der Waals surface area contributed by atoms with E-state index in [1.54, 1.807) is 19.4 Å². The molecule has 1 heterocycles. The fraction of sp³-hybridized carbons (Fsp3) is 0.545. The van der Waals surface area contributed by atoms with Crippen LogP contribution < -0.4 is 5.73 Å². The van der Waals surface area contributed by atoms with Gasteiger partial charge in [0.15, 0.2) is 0 Å². The van der Waals surface area contributed by atoms with Crippen LogP contribution in [0.3, 0.4) is 0 Å². The second-order valence-electron chi connectivity index (χ2n) is 3.25. The van der Waals surface area contributed by atoms with Crippen molar-refractivity contribution in [2.24, 2.45) is 0 Å². The fourth-order valence-corrected chi connectivity index (χ4v) is 1.14. The molecule has 2 N–H and O–H groups in total. The van der Waals surface area contributed by atoms with E-state index in [0.29, 0.717) is 38.9 Å². The summed E-state index contributed by atoms with van der Waals surface area (Å²) in [6, 6.07) is 3.67. The SMILES string of the molecule is COCCOCCOCc1ccnc(N)c1. The maximum Gasteiger partial charge on any atom is 0.123 e. The van der Waals surface area contributed by atoms with Gasteiger partial charge in [-0.2, -0.15) is 0 Å². The maximum absolute atomic E-state index is 5.54. The van der Waals surface area contributed by atoms with Crippen molar-refractivity contribution in [3.05, 3.63) is 23.9 Å². The minimum absolute atomic E-state index is 0.512. The molecule has 0 fully saturated rings. The second kappa shape index (κ2) is 8.04. The number of anilines is 1. The number of ether oxygens (including phenoxy) is 3. The van der Waals surface area contributed by atoms with Crippen molar-refractivity contribution in [2.75, 3.05) is 39.3 Å². The van der Waals surface area contributed by atoms with Crippen molar-refractivity contribution in [1.29, 1.82) is 0 Å². The average Bonchev–Trinajstić information content (AvgIpc) is 2.28. The summed E-state index contributed by atoms with van der Waals surface area (Å²) in [5.74, 6) is 0.512. The van der Waals surface area contributed by atoms with Crippen molar-refractivity contribution in [3.8, 4) is 0 Å². The number of hydrogen-bond acceptors (Lipinski definition) is 5. The standard InChI is InChI=1S/C11H18N2O3/c1-14-4-5-15-6-7-16-9-10-2-3-13-11(12)8-10/h2-3,8H,4-7,9H2,1H3,(H2,12,13). The molecule has 1 aromatic rings. The van der Waals surface area contributed by atoms with Crippen LogP contribution in [-0.4, -0.2) is 38.5 Å². The molecule has 16 heavy (non-hydrogen) atoms. The summed E-state index contributed by atoms with van der Waals surface area (Å²) in [6.07, 6.45) is 1.67. The number of methoxy groups -OCH3 is 1. The smallest absolute Gasteiger partial charge is 0.123 e. The molecule has 0 saturated carbocycles. The molecule has 0 bridgehead atoms. The van der Waals surface area contributed by atoms with E-state index in [1.165, 1.54) is 0 Å². The van der Waals surface area contributed by atoms with Crippen LogP contribution in [0.4, 0.5) is 5.82 Å². The van der Waals surface area contributed by atoms with Crippen LogP contribution in [0.15, 0.2) is 18.3 Å². The molecule has 0 aliphatic rings. The van der Waals surface area contributed by atoms with Gasteiger partial charge in [-0.25, -0.2) is 4.98 Å².